The van der Waals surface area contributed by atoms with Crippen molar-refractivity contribution in [1.82, 2.24) is 5.32 Å². The second kappa shape index (κ2) is 3.02. The van der Waals surface area contributed by atoms with Crippen molar-refractivity contribution in [3.05, 3.63) is 11.1 Å². The first-order chi connectivity index (χ1) is 5.79. The average Bonchev–Trinajstić information content (AvgIpc) is 2.61. The Balaban J connectivity index is 2.20. The van der Waals surface area contributed by atoms with E-state index in [4.69, 9.17) is 0 Å². The van der Waals surface area contributed by atoms with E-state index in [1.54, 1.807) is 5.57 Å². The standard InChI is InChI=1S/C10H16N2/c1-7-5-12-8(2)10(7)9-3-4-11-6-9/h9,11H,3-6H2,1-2H3. The van der Waals surface area contributed by atoms with Gasteiger partial charge in [-0.15, -0.1) is 0 Å². The number of hydrogen-bond acceptors (Lipinski definition) is 2. The van der Waals surface area contributed by atoms with Crippen LogP contribution in [0, 0.1) is 5.92 Å². The zero-order chi connectivity index (χ0) is 8.55. The summed E-state index contributed by atoms with van der Waals surface area (Å²) in [6, 6.07) is 0. The minimum Gasteiger partial charge on any atom is -0.316 e. The van der Waals surface area contributed by atoms with Crippen LogP contribution in [0.15, 0.2) is 16.1 Å². The zero-order valence-corrected chi connectivity index (χ0v) is 7.85. The molecule has 0 spiro atoms. The van der Waals surface area contributed by atoms with Crippen molar-refractivity contribution < 1.29 is 0 Å². The Bertz CT molecular complexity index is 245. The highest BCUT2D eigenvalue weighted by molar-refractivity contribution is 6.01. The van der Waals surface area contributed by atoms with Gasteiger partial charge in [-0.3, -0.25) is 4.99 Å². The average molecular weight is 164 g/mol. The summed E-state index contributed by atoms with van der Waals surface area (Å²) in [7, 11) is 0. The van der Waals surface area contributed by atoms with Gasteiger partial charge in [0.25, 0.3) is 0 Å². The highest BCUT2D eigenvalue weighted by Crippen LogP contribution is 2.26. The molecule has 0 radical (unpaired) electrons. The maximum Gasteiger partial charge on any atom is 0.0606 e. The molecule has 2 aliphatic rings. The van der Waals surface area contributed by atoms with E-state index in [1.807, 2.05) is 0 Å². The SMILES string of the molecule is CC1=NCC(C)=C1C1CCNC1. The summed E-state index contributed by atoms with van der Waals surface area (Å²) in [5.41, 5.74) is 4.31. The lowest BCUT2D eigenvalue weighted by molar-refractivity contribution is 0.702. The molecule has 1 unspecified atom stereocenters. The lowest BCUT2D eigenvalue weighted by Crippen LogP contribution is -2.14. The van der Waals surface area contributed by atoms with Crippen molar-refractivity contribution >= 4 is 5.71 Å². The maximum absolute atomic E-state index is 4.46. The Morgan fingerprint density at radius 2 is 2.25 bits per heavy atom. The first-order valence-corrected chi connectivity index (χ1v) is 4.71. The van der Waals surface area contributed by atoms with Crippen molar-refractivity contribution in [2.45, 2.75) is 20.3 Å². The number of nitrogens with one attached hydrogen (secondary N) is 1. The molecule has 1 fully saturated rings. The van der Waals surface area contributed by atoms with Crippen LogP contribution in [0.3, 0.4) is 0 Å². The van der Waals surface area contributed by atoms with Crippen LogP contribution in [0.4, 0.5) is 0 Å². The molecular weight excluding hydrogens is 148 g/mol. The Morgan fingerprint density at radius 1 is 1.42 bits per heavy atom. The largest absolute Gasteiger partial charge is 0.316 e. The van der Waals surface area contributed by atoms with Crippen LogP contribution < -0.4 is 5.32 Å². The fourth-order valence-corrected chi connectivity index (χ4v) is 2.26. The topological polar surface area (TPSA) is 24.4 Å². The summed E-state index contributed by atoms with van der Waals surface area (Å²) < 4.78 is 0. The number of aliphatic imine (C=N–C) groups is 1. The summed E-state index contributed by atoms with van der Waals surface area (Å²) in [6.07, 6.45) is 1.29. The van der Waals surface area contributed by atoms with E-state index in [9.17, 15) is 0 Å². The molecule has 1 atom stereocenters. The molecule has 2 aliphatic heterocycles. The molecule has 1 N–H and O–H groups in total. The quantitative estimate of drug-likeness (QED) is 0.622. The lowest BCUT2D eigenvalue weighted by Gasteiger charge is -2.11. The summed E-state index contributed by atoms with van der Waals surface area (Å²) >= 11 is 0. The Kier molecular flexibility index (Phi) is 2.01. The molecule has 0 aromatic rings. The van der Waals surface area contributed by atoms with Gasteiger partial charge in [-0.25, -0.2) is 0 Å². The zero-order valence-electron chi connectivity index (χ0n) is 7.85. The fraction of sp³-hybridized carbons (Fsp3) is 0.700. The molecule has 2 heteroatoms. The number of rotatable bonds is 1. The van der Waals surface area contributed by atoms with Gasteiger partial charge in [-0.1, -0.05) is 0 Å². The fourth-order valence-electron chi connectivity index (χ4n) is 2.26. The van der Waals surface area contributed by atoms with Crippen molar-refractivity contribution in [1.29, 1.82) is 0 Å². The summed E-state index contributed by atoms with van der Waals surface area (Å²) in [6.45, 7) is 7.63. The van der Waals surface area contributed by atoms with Crippen LogP contribution in [0.2, 0.25) is 0 Å². The van der Waals surface area contributed by atoms with Crippen LogP contribution in [0.25, 0.3) is 0 Å². The van der Waals surface area contributed by atoms with E-state index >= 15 is 0 Å². The molecule has 0 saturated carbocycles. The molecule has 1 saturated heterocycles. The van der Waals surface area contributed by atoms with Gasteiger partial charge in [0.05, 0.1) is 6.54 Å². The van der Waals surface area contributed by atoms with E-state index in [0.29, 0.717) is 0 Å². The third-order valence-corrected chi connectivity index (χ3v) is 2.87. The Hall–Kier alpha value is -0.630. The van der Waals surface area contributed by atoms with Gasteiger partial charge in [0.1, 0.15) is 0 Å². The van der Waals surface area contributed by atoms with Gasteiger partial charge in [-0.2, -0.15) is 0 Å². The third kappa shape index (κ3) is 1.20. The molecule has 12 heavy (non-hydrogen) atoms. The minimum atomic E-state index is 0.747. The molecule has 0 aliphatic carbocycles. The normalized spacial score (nSPS) is 29.8. The molecule has 2 rings (SSSR count). The van der Waals surface area contributed by atoms with Crippen LogP contribution in [-0.2, 0) is 0 Å². The molecule has 2 heterocycles. The highest BCUT2D eigenvalue weighted by Gasteiger charge is 2.24. The Labute approximate surface area is 73.8 Å². The highest BCUT2D eigenvalue weighted by atomic mass is 14.9. The maximum atomic E-state index is 4.46. The molecule has 0 bridgehead atoms. The second-order valence-corrected chi connectivity index (χ2v) is 3.79. The number of nitrogens with zero attached hydrogens (tertiary/aromatic N) is 1. The van der Waals surface area contributed by atoms with Gasteiger partial charge in [0, 0.05) is 12.3 Å². The second-order valence-electron chi connectivity index (χ2n) is 3.79. The number of hydrogen-bond donors (Lipinski definition) is 1. The summed E-state index contributed by atoms with van der Waals surface area (Å²) in [5.74, 6) is 0.747. The van der Waals surface area contributed by atoms with E-state index < -0.39 is 0 Å². The van der Waals surface area contributed by atoms with Crippen molar-refractivity contribution in [3.8, 4) is 0 Å². The lowest BCUT2D eigenvalue weighted by atomic mass is 9.92. The third-order valence-electron chi connectivity index (χ3n) is 2.87. The summed E-state index contributed by atoms with van der Waals surface area (Å²) in [5, 5.41) is 3.40. The molecule has 2 nitrogen and oxygen atoms in total. The minimum absolute atomic E-state index is 0.747. The smallest absolute Gasteiger partial charge is 0.0606 e. The predicted octanol–water partition coefficient (Wildman–Crippen LogP) is 1.39. The molecule has 0 aromatic heterocycles. The monoisotopic (exact) mass is 164 g/mol. The van der Waals surface area contributed by atoms with Crippen LogP contribution in [0.1, 0.15) is 20.3 Å². The van der Waals surface area contributed by atoms with E-state index in [2.05, 4.69) is 24.2 Å². The van der Waals surface area contributed by atoms with E-state index in [0.717, 1.165) is 19.0 Å². The van der Waals surface area contributed by atoms with Gasteiger partial charge >= 0.3 is 0 Å². The van der Waals surface area contributed by atoms with E-state index in [-0.39, 0.29) is 0 Å². The van der Waals surface area contributed by atoms with Gasteiger partial charge in [-0.05, 0) is 43.9 Å². The van der Waals surface area contributed by atoms with Crippen LogP contribution in [-0.4, -0.2) is 25.3 Å². The van der Waals surface area contributed by atoms with Gasteiger partial charge in [0.15, 0.2) is 0 Å². The molecule has 66 valence electrons. The first kappa shape index (κ1) is 7.99. The first-order valence-electron chi connectivity index (χ1n) is 4.71. The van der Waals surface area contributed by atoms with Crippen molar-refractivity contribution in [2.24, 2.45) is 10.9 Å². The predicted molar refractivity (Wildman–Crippen MR) is 51.7 cm³/mol. The molecule has 0 amide bonds. The van der Waals surface area contributed by atoms with Crippen molar-refractivity contribution in [2.75, 3.05) is 19.6 Å². The van der Waals surface area contributed by atoms with Gasteiger partial charge in [0.2, 0.25) is 0 Å². The molecular formula is C10H16N2. The van der Waals surface area contributed by atoms with Crippen LogP contribution >= 0.6 is 0 Å². The van der Waals surface area contributed by atoms with Crippen molar-refractivity contribution in [3.63, 3.8) is 0 Å². The molecule has 0 aromatic carbocycles. The van der Waals surface area contributed by atoms with Crippen LogP contribution in [0.5, 0.6) is 0 Å². The Morgan fingerprint density at radius 3 is 2.75 bits per heavy atom. The van der Waals surface area contributed by atoms with E-state index in [1.165, 1.54) is 24.3 Å². The summed E-state index contributed by atoms with van der Waals surface area (Å²) in [4.78, 5) is 4.46. The van der Waals surface area contributed by atoms with Gasteiger partial charge < -0.3 is 5.32 Å².